The van der Waals surface area contributed by atoms with Crippen LogP contribution in [0.4, 0.5) is 11.4 Å². The predicted octanol–water partition coefficient (Wildman–Crippen LogP) is 4.12. The zero-order chi connectivity index (χ0) is 21.8. The van der Waals surface area contributed by atoms with E-state index in [4.69, 9.17) is 4.74 Å². The molecule has 0 saturated heterocycles. The second-order valence-electron chi connectivity index (χ2n) is 7.52. The van der Waals surface area contributed by atoms with Gasteiger partial charge in [0.1, 0.15) is 5.75 Å². The summed E-state index contributed by atoms with van der Waals surface area (Å²) in [5.74, 6) is 0.620. The molecule has 3 aromatic rings. The number of sulfonamides is 1. The zero-order valence-corrected chi connectivity index (χ0v) is 18.1. The van der Waals surface area contributed by atoms with Crippen LogP contribution in [0.2, 0.25) is 0 Å². The number of anilines is 2. The van der Waals surface area contributed by atoms with Crippen LogP contribution in [-0.2, 0) is 33.5 Å². The average Bonchev–Trinajstić information content (AvgIpc) is 2.76. The molecule has 0 spiro atoms. The van der Waals surface area contributed by atoms with E-state index in [2.05, 4.69) is 4.72 Å². The first-order valence-corrected chi connectivity index (χ1v) is 11.7. The van der Waals surface area contributed by atoms with Gasteiger partial charge in [-0.25, -0.2) is 8.42 Å². The van der Waals surface area contributed by atoms with Gasteiger partial charge in [-0.05, 0) is 53.4 Å². The second-order valence-corrected chi connectivity index (χ2v) is 9.24. The molecular weight excluding hydrogens is 412 g/mol. The van der Waals surface area contributed by atoms with Gasteiger partial charge in [0.2, 0.25) is 15.9 Å². The van der Waals surface area contributed by atoms with Crippen LogP contribution in [0, 0.1) is 0 Å². The summed E-state index contributed by atoms with van der Waals surface area (Å²) in [6, 6.07) is 22.1. The molecule has 0 bridgehead atoms. The van der Waals surface area contributed by atoms with Gasteiger partial charge in [-0.2, -0.15) is 0 Å². The fourth-order valence-electron chi connectivity index (χ4n) is 3.72. The molecule has 160 valence electrons. The molecule has 1 N–H and O–H groups in total. The molecule has 6 nitrogen and oxygen atoms in total. The van der Waals surface area contributed by atoms with E-state index in [1.807, 2.05) is 42.5 Å². The molecule has 1 amide bonds. The predicted molar refractivity (Wildman–Crippen MR) is 122 cm³/mol. The number of hydrogen-bond donors (Lipinski definition) is 1. The number of aryl methyl sites for hydroxylation is 1. The number of carbonyl (C=O) groups excluding carboxylic acids is 1. The maximum absolute atomic E-state index is 12.6. The third-order valence-electron chi connectivity index (χ3n) is 5.25. The lowest BCUT2D eigenvalue weighted by Crippen LogP contribution is -2.34. The fraction of sp³-hybridized carbons (Fsp3) is 0.208. The Labute approximate surface area is 182 Å². The molecule has 31 heavy (non-hydrogen) atoms. The van der Waals surface area contributed by atoms with Gasteiger partial charge in [-0.15, -0.1) is 0 Å². The smallest absolute Gasteiger partial charge is 0.236 e. The van der Waals surface area contributed by atoms with Gasteiger partial charge in [-0.1, -0.05) is 42.5 Å². The average molecular weight is 437 g/mol. The van der Waals surface area contributed by atoms with Crippen molar-refractivity contribution < 1.29 is 17.9 Å². The number of benzene rings is 3. The summed E-state index contributed by atoms with van der Waals surface area (Å²) < 4.78 is 33.1. The largest absolute Gasteiger partial charge is 0.497 e. The zero-order valence-electron chi connectivity index (χ0n) is 17.2. The van der Waals surface area contributed by atoms with E-state index in [9.17, 15) is 13.2 Å². The van der Waals surface area contributed by atoms with Crippen LogP contribution < -0.4 is 14.4 Å². The third-order valence-corrected chi connectivity index (χ3v) is 6.51. The van der Waals surface area contributed by atoms with Crippen molar-refractivity contribution in [2.75, 3.05) is 16.7 Å². The molecule has 0 aliphatic carbocycles. The molecule has 0 radical (unpaired) electrons. The molecule has 1 aliphatic rings. The number of methoxy groups -OCH3 is 1. The minimum Gasteiger partial charge on any atom is -0.497 e. The van der Waals surface area contributed by atoms with Crippen LogP contribution in [0.5, 0.6) is 5.75 Å². The Hall–Kier alpha value is -3.32. The summed E-state index contributed by atoms with van der Waals surface area (Å²) in [5.41, 5.74) is 4.01. The lowest BCUT2D eigenvalue weighted by molar-refractivity contribution is -0.119. The van der Waals surface area contributed by atoms with Crippen LogP contribution in [0.3, 0.4) is 0 Å². The Morgan fingerprint density at radius 3 is 2.39 bits per heavy atom. The Bertz CT molecular complexity index is 1180. The maximum atomic E-state index is 12.6. The monoisotopic (exact) mass is 436 g/mol. The normalized spacial score (nSPS) is 13.6. The summed E-state index contributed by atoms with van der Waals surface area (Å²) in [6.07, 6.45) is 0.995. The molecule has 0 aromatic heterocycles. The van der Waals surface area contributed by atoms with E-state index in [0.717, 1.165) is 16.8 Å². The highest BCUT2D eigenvalue weighted by Gasteiger charge is 2.25. The first-order chi connectivity index (χ1) is 14.9. The molecule has 0 atom stereocenters. The van der Waals surface area contributed by atoms with Gasteiger partial charge in [0.05, 0.1) is 19.4 Å². The summed E-state index contributed by atoms with van der Waals surface area (Å²) in [5, 5.41) is 0. The molecule has 1 aliphatic heterocycles. The Morgan fingerprint density at radius 2 is 1.68 bits per heavy atom. The fourth-order valence-corrected chi connectivity index (χ4v) is 4.91. The van der Waals surface area contributed by atoms with Gasteiger partial charge in [0.25, 0.3) is 0 Å². The highest BCUT2D eigenvalue weighted by atomic mass is 32.2. The first kappa shape index (κ1) is 20.9. The van der Waals surface area contributed by atoms with E-state index in [-0.39, 0.29) is 11.7 Å². The topological polar surface area (TPSA) is 75.7 Å². The van der Waals surface area contributed by atoms with Crippen molar-refractivity contribution in [3.05, 3.63) is 89.5 Å². The lowest BCUT2D eigenvalue weighted by Gasteiger charge is -2.30. The number of nitrogens with zero attached hydrogens (tertiary/aromatic N) is 1. The number of hydrogen-bond acceptors (Lipinski definition) is 4. The number of nitrogens with one attached hydrogen (secondary N) is 1. The number of rotatable bonds is 7. The summed E-state index contributed by atoms with van der Waals surface area (Å²) >= 11 is 0. The van der Waals surface area contributed by atoms with E-state index in [1.54, 1.807) is 42.3 Å². The quantitative estimate of drug-likeness (QED) is 0.605. The van der Waals surface area contributed by atoms with E-state index < -0.39 is 10.0 Å². The van der Waals surface area contributed by atoms with Gasteiger partial charge >= 0.3 is 0 Å². The van der Waals surface area contributed by atoms with Crippen molar-refractivity contribution in [3.8, 4) is 5.75 Å². The second kappa shape index (κ2) is 8.81. The Balaban J connectivity index is 1.51. The summed E-state index contributed by atoms with van der Waals surface area (Å²) in [4.78, 5) is 14.3. The van der Waals surface area contributed by atoms with Gasteiger partial charge < -0.3 is 9.64 Å². The van der Waals surface area contributed by atoms with Crippen LogP contribution >= 0.6 is 0 Å². The molecule has 3 aromatic carbocycles. The number of carbonyl (C=O) groups is 1. The number of amides is 1. The van der Waals surface area contributed by atoms with Crippen molar-refractivity contribution in [2.24, 2.45) is 0 Å². The number of ether oxygens (including phenoxy) is 1. The SMILES string of the molecule is COc1ccc(CS(=O)(=O)Nc2ccc3c(c2)CCC(=O)N3Cc2ccccc2)cc1. The standard InChI is InChI=1S/C24H24N2O4S/c1-30-22-11-7-19(8-12-22)17-31(28,29)25-21-10-13-23-20(15-21)9-14-24(27)26(23)16-18-5-3-2-4-6-18/h2-8,10-13,15,25H,9,14,16-17H2,1H3. The van der Waals surface area contributed by atoms with Crippen LogP contribution in [0.25, 0.3) is 0 Å². The van der Waals surface area contributed by atoms with Crippen LogP contribution in [-0.4, -0.2) is 21.4 Å². The van der Waals surface area contributed by atoms with Crippen molar-refractivity contribution >= 4 is 27.3 Å². The van der Waals surface area contributed by atoms with Crippen molar-refractivity contribution in [1.29, 1.82) is 0 Å². The molecular formula is C24H24N2O4S. The molecule has 4 rings (SSSR count). The Kier molecular flexibility index (Phi) is 5.95. The molecule has 0 saturated carbocycles. The minimum absolute atomic E-state index is 0.0733. The first-order valence-electron chi connectivity index (χ1n) is 10.0. The minimum atomic E-state index is -3.58. The molecule has 0 unspecified atom stereocenters. The number of fused-ring (bicyclic) bond motifs is 1. The molecule has 1 heterocycles. The summed E-state index contributed by atoms with van der Waals surface area (Å²) in [6.45, 7) is 0.495. The highest BCUT2D eigenvalue weighted by Crippen LogP contribution is 2.32. The van der Waals surface area contributed by atoms with Gasteiger partial charge in [0, 0.05) is 17.8 Å². The van der Waals surface area contributed by atoms with Crippen molar-refractivity contribution in [1.82, 2.24) is 0 Å². The van der Waals surface area contributed by atoms with Crippen molar-refractivity contribution in [3.63, 3.8) is 0 Å². The van der Waals surface area contributed by atoms with Gasteiger partial charge in [0.15, 0.2) is 0 Å². The van der Waals surface area contributed by atoms with Crippen LogP contribution in [0.15, 0.2) is 72.8 Å². The third kappa shape index (κ3) is 5.06. The lowest BCUT2D eigenvalue weighted by atomic mass is 10.00. The Morgan fingerprint density at radius 1 is 0.935 bits per heavy atom. The highest BCUT2D eigenvalue weighted by molar-refractivity contribution is 7.91. The summed E-state index contributed by atoms with van der Waals surface area (Å²) in [7, 11) is -2.01. The van der Waals surface area contributed by atoms with Crippen LogP contribution in [0.1, 0.15) is 23.1 Å². The van der Waals surface area contributed by atoms with E-state index in [1.165, 1.54) is 0 Å². The van der Waals surface area contributed by atoms with Gasteiger partial charge in [-0.3, -0.25) is 9.52 Å². The molecule has 0 fully saturated rings. The maximum Gasteiger partial charge on any atom is 0.236 e. The van der Waals surface area contributed by atoms with Crippen molar-refractivity contribution in [2.45, 2.75) is 25.1 Å². The van der Waals surface area contributed by atoms with E-state index in [0.29, 0.717) is 36.4 Å². The van der Waals surface area contributed by atoms with E-state index >= 15 is 0 Å². The molecule has 7 heteroatoms.